The van der Waals surface area contributed by atoms with Gasteiger partial charge >= 0.3 is 12.4 Å². The third-order valence-corrected chi connectivity index (χ3v) is 10.8. The van der Waals surface area contributed by atoms with Gasteiger partial charge in [-0.15, -0.1) is 0 Å². The molecule has 306 valence electrons. The van der Waals surface area contributed by atoms with E-state index in [9.17, 15) is 26.3 Å². The maximum absolute atomic E-state index is 14.2. The monoisotopic (exact) mass is 826 g/mol. The quantitative estimate of drug-likeness (QED) is 0.104. The summed E-state index contributed by atoms with van der Waals surface area (Å²) in [5.74, 6) is 1.19. The number of hydrogen-bond acceptors (Lipinski definition) is 12. The van der Waals surface area contributed by atoms with Gasteiger partial charge in [-0.3, -0.25) is 0 Å². The molecule has 0 saturated heterocycles. The summed E-state index contributed by atoms with van der Waals surface area (Å²) < 4.78 is 106. The number of nitrogens with one attached hydrogen (secondary N) is 4. The average molecular weight is 827 g/mol. The summed E-state index contributed by atoms with van der Waals surface area (Å²) in [6.45, 7) is 0.0931. The second-order valence-corrected chi connectivity index (χ2v) is 14.7. The summed E-state index contributed by atoms with van der Waals surface area (Å²) in [6, 6.07) is 21.0. The van der Waals surface area contributed by atoms with Crippen LogP contribution in [0.15, 0.2) is 85.2 Å². The van der Waals surface area contributed by atoms with Gasteiger partial charge in [-0.25, -0.2) is 9.97 Å². The van der Waals surface area contributed by atoms with Crippen molar-refractivity contribution in [3.63, 3.8) is 0 Å². The van der Waals surface area contributed by atoms with Crippen molar-refractivity contribution in [1.82, 2.24) is 19.9 Å². The summed E-state index contributed by atoms with van der Waals surface area (Å²) in [4.78, 5) is 16.5. The van der Waals surface area contributed by atoms with Gasteiger partial charge in [-0.05, 0) is 83.3 Å². The Kier molecular flexibility index (Phi) is 8.94. The highest BCUT2D eigenvalue weighted by Crippen LogP contribution is 2.42. The third-order valence-electron chi connectivity index (χ3n) is 10.8. The molecule has 6 aromatic rings. The standard InChI is InChI=1S/C42H32F6N8O4/c43-41(44,45)31-17-50-40(55-37(31)51-23-7-9-33-35(15-23)59-19-57-33)54-26-12-22-4-2-6-28(30(22)14-26)27-5-1-3-21-11-25(13-29(21)27)52-38-32(42(46,47)48)18-49-39(56-38)53-24-8-10-34-36(16-24)60-20-58-34/h1-10,15-18,25-26H,11-14,19-20H2,(H2,49,52,53,56)(H2,50,51,54,55). The molecule has 0 radical (unpaired) electrons. The summed E-state index contributed by atoms with van der Waals surface area (Å²) in [7, 11) is 0. The minimum Gasteiger partial charge on any atom is -0.454 e. The molecule has 4 heterocycles. The van der Waals surface area contributed by atoms with E-state index in [0.717, 1.165) is 45.8 Å². The maximum Gasteiger partial charge on any atom is 0.421 e. The number of benzene rings is 4. The van der Waals surface area contributed by atoms with Gasteiger partial charge in [-0.1, -0.05) is 36.4 Å². The molecule has 0 spiro atoms. The fourth-order valence-electron chi connectivity index (χ4n) is 8.11. The number of rotatable bonds is 9. The molecule has 0 bridgehead atoms. The molecule has 4 aliphatic rings. The lowest BCUT2D eigenvalue weighted by molar-refractivity contribution is -0.138. The molecule has 4 aromatic carbocycles. The minimum atomic E-state index is -4.72. The molecule has 2 atom stereocenters. The molecule has 18 heteroatoms. The van der Waals surface area contributed by atoms with Crippen LogP contribution in [-0.4, -0.2) is 45.6 Å². The van der Waals surface area contributed by atoms with Crippen molar-refractivity contribution in [3.8, 4) is 34.1 Å². The fraction of sp³-hybridized carbons (Fsp3) is 0.238. The first kappa shape index (κ1) is 37.3. The molecule has 2 aromatic heterocycles. The predicted molar refractivity (Wildman–Crippen MR) is 207 cm³/mol. The first-order chi connectivity index (χ1) is 28.9. The maximum atomic E-state index is 14.2. The summed E-state index contributed by atoms with van der Waals surface area (Å²) >= 11 is 0. The molecular weight excluding hydrogens is 795 g/mol. The molecule has 4 N–H and O–H groups in total. The van der Waals surface area contributed by atoms with Gasteiger partial charge < -0.3 is 40.2 Å². The smallest absolute Gasteiger partial charge is 0.421 e. The van der Waals surface area contributed by atoms with Crippen LogP contribution in [0.1, 0.15) is 33.4 Å². The highest BCUT2D eigenvalue weighted by molar-refractivity contribution is 5.75. The number of nitrogens with zero attached hydrogens (tertiary/aromatic N) is 4. The SMILES string of the molecule is FC(F)(F)c1cnc(NC2Cc3cccc(-c4cccc5c4CC(Nc4nc(Nc6ccc7c(c6)OCO7)ncc4C(F)(F)F)C5)c3C2)nc1Nc1ccc2c(c1)OCO2. The van der Waals surface area contributed by atoms with Crippen LogP contribution in [0.25, 0.3) is 11.1 Å². The van der Waals surface area contributed by atoms with Crippen molar-refractivity contribution >= 4 is 34.9 Å². The Hall–Kier alpha value is -6.98. The normalized spacial score (nSPS) is 17.3. The van der Waals surface area contributed by atoms with Crippen LogP contribution in [0.5, 0.6) is 23.0 Å². The van der Waals surface area contributed by atoms with Gasteiger partial charge in [0.1, 0.15) is 22.8 Å². The molecule has 60 heavy (non-hydrogen) atoms. The number of ether oxygens (including phenoxy) is 4. The Labute approximate surface area is 337 Å². The Balaban J connectivity index is 0.871. The lowest BCUT2D eigenvalue weighted by atomic mass is 9.92. The number of hydrogen-bond donors (Lipinski definition) is 4. The second kappa shape index (κ2) is 14.4. The van der Waals surface area contributed by atoms with E-state index >= 15 is 0 Å². The van der Waals surface area contributed by atoms with Crippen LogP contribution < -0.4 is 40.2 Å². The van der Waals surface area contributed by atoms with E-state index in [0.29, 0.717) is 60.1 Å². The van der Waals surface area contributed by atoms with E-state index in [2.05, 4.69) is 41.2 Å². The van der Waals surface area contributed by atoms with Crippen LogP contribution in [0.2, 0.25) is 0 Å². The van der Waals surface area contributed by atoms with Gasteiger partial charge in [0.25, 0.3) is 0 Å². The highest BCUT2D eigenvalue weighted by atomic mass is 19.4. The molecule has 0 saturated carbocycles. The van der Waals surface area contributed by atoms with Gasteiger partial charge in [0.2, 0.25) is 25.5 Å². The highest BCUT2D eigenvalue weighted by Gasteiger charge is 2.38. The zero-order valence-electron chi connectivity index (χ0n) is 31.2. The van der Waals surface area contributed by atoms with Crippen LogP contribution >= 0.6 is 0 Å². The average Bonchev–Trinajstić information content (AvgIpc) is 4.03. The van der Waals surface area contributed by atoms with Gasteiger partial charge in [-0.2, -0.15) is 36.3 Å². The molecule has 2 unspecified atom stereocenters. The lowest BCUT2D eigenvalue weighted by Crippen LogP contribution is -2.24. The van der Waals surface area contributed by atoms with Gasteiger partial charge in [0.05, 0.1) is 0 Å². The molecule has 2 aliphatic heterocycles. The molecule has 12 nitrogen and oxygen atoms in total. The fourth-order valence-corrected chi connectivity index (χ4v) is 8.11. The van der Waals surface area contributed by atoms with E-state index in [1.165, 1.54) is 0 Å². The first-order valence-corrected chi connectivity index (χ1v) is 18.9. The van der Waals surface area contributed by atoms with Crippen molar-refractivity contribution < 1.29 is 45.3 Å². The second-order valence-electron chi connectivity index (χ2n) is 14.7. The topological polar surface area (TPSA) is 137 Å². The van der Waals surface area contributed by atoms with Gasteiger partial charge in [0, 0.05) is 48.0 Å². The predicted octanol–water partition coefficient (Wildman–Crippen LogP) is 9.07. The number of fused-ring (bicyclic) bond motifs is 4. The summed E-state index contributed by atoms with van der Waals surface area (Å²) in [6.07, 6.45) is -5.92. The summed E-state index contributed by atoms with van der Waals surface area (Å²) in [5.41, 5.74) is 4.88. The van der Waals surface area contributed by atoms with Crippen molar-refractivity contribution in [2.24, 2.45) is 0 Å². The minimum absolute atomic E-state index is 0.0185. The van der Waals surface area contributed by atoms with Crippen LogP contribution in [0.3, 0.4) is 0 Å². The van der Waals surface area contributed by atoms with Crippen molar-refractivity contribution in [2.45, 2.75) is 50.1 Å². The number of anilines is 6. The zero-order valence-corrected chi connectivity index (χ0v) is 31.2. The van der Waals surface area contributed by atoms with E-state index in [1.807, 2.05) is 36.4 Å². The number of alkyl halides is 6. The molecule has 10 rings (SSSR count). The van der Waals surface area contributed by atoms with Crippen molar-refractivity contribution in [1.29, 1.82) is 0 Å². The van der Waals surface area contributed by atoms with E-state index in [-0.39, 0.29) is 37.3 Å². The van der Waals surface area contributed by atoms with Crippen molar-refractivity contribution in [3.05, 3.63) is 119 Å². The van der Waals surface area contributed by atoms with E-state index in [1.54, 1.807) is 36.4 Å². The zero-order chi connectivity index (χ0) is 41.2. The van der Waals surface area contributed by atoms with E-state index < -0.39 is 35.3 Å². The van der Waals surface area contributed by atoms with Crippen LogP contribution in [0, 0.1) is 0 Å². The molecule has 0 fully saturated rings. The third kappa shape index (κ3) is 7.21. The largest absolute Gasteiger partial charge is 0.454 e. The Morgan fingerprint density at radius 2 is 1.02 bits per heavy atom. The van der Waals surface area contributed by atoms with Crippen LogP contribution in [0.4, 0.5) is 61.2 Å². The van der Waals surface area contributed by atoms with E-state index in [4.69, 9.17) is 18.9 Å². The summed E-state index contributed by atoms with van der Waals surface area (Å²) in [5, 5.41) is 12.0. The number of aromatic nitrogens is 4. The molecular formula is C42H32F6N8O4. The first-order valence-electron chi connectivity index (χ1n) is 18.9. The van der Waals surface area contributed by atoms with Gasteiger partial charge in [0.15, 0.2) is 23.0 Å². The number of halogens is 6. The Bertz CT molecular complexity index is 2660. The Morgan fingerprint density at radius 3 is 1.60 bits per heavy atom. The lowest BCUT2D eigenvalue weighted by Gasteiger charge is -2.19. The van der Waals surface area contributed by atoms with Crippen LogP contribution in [-0.2, 0) is 38.0 Å². The Morgan fingerprint density at radius 1 is 0.517 bits per heavy atom. The van der Waals surface area contributed by atoms with Crippen molar-refractivity contribution in [2.75, 3.05) is 34.9 Å². The molecule has 0 amide bonds. The molecule has 2 aliphatic carbocycles.